The van der Waals surface area contributed by atoms with Gasteiger partial charge in [-0.3, -0.25) is 0 Å². The van der Waals surface area contributed by atoms with E-state index in [1.807, 2.05) is 11.8 Å². The van der Waals surface area contributed by atoms with E-state index >= 15 is 0 Å². The molecular formula is C14H19F3N2. The second kappa shape index (κ2) is 5.41. The summed E-state index contributed by atoms with van der Waals surface area (Å²) in [6.45, 7) is 3.88. The van der Waals surface area contributed by atoms with Crippen molar-refractivity contribution < 1.29 is 13.2 Å². The Morgan fingerprint density at radius 1 is 1.37 bits per heavy atom. The largest absolute Gasteiger partial charge is 0.416 e. The first kappa shape index (κ1) is 14.2. The van der Waals surface area contributed by atoms with Gasteiger partial charge in [0, 0.05) is 24.7 Å². The number of hydrogen-bond acceptors (Lipinski definition) is 2. The molecular weight excluding hydrogens is 253 g/mol. The van der Waals surface area contributed by atoms with E-state index in [2.05, 4.69) is 0 Å². The molecule has 2 nitrogen and oxygen atoms in total. The van der Waals surface area contributed by atoms with Crippen molar-refractivity contribution in [3.05, 3.63) is 29.3 Å². The van der Waals surface area contributed by atoms with Crippen molar-refractivity contribution in [2.45, 2.75) is 31.9 Å². The van der Waals surface area contributed by atoms with E-state index in [0.29, 0.717) is 25.1 Å². The van der Waals surface area contributed by atoms with Gasteiger partial charge < -0.3 is 10.6 Å². The molecule has 0 spiro atoms. The molecule has 106 valence electrons. The first-order valence-corrected chi connectivity index (χ1v) is 6.64. The number of nitrogens with two attached hydrogens (primary N) is 1. The van der Waals surface area contributed by atoms with Gasteiger partial charge in [-0.2, -0.15) is 13.2 Å². The Kier molecular flexibility index (Phi) is 4.04. The zero-order valence-electron chi connectivity index (χ0n) is 11.0. The Hall–Kier alpha value is -1.23. The summed E-state index contributed by atoms with van der Waals surface area (Å²) in [5.41, 5.74) is 6.20. The summed E-state index contributed by atoms with van der Waals surface area (Å²) in [5, 5.41) is 0. The van der Waals surface area contributed by atoms with Crippen LogP contribution in [-0.4, -0.2) is 19.6 Å². The van der Waals surface area contributed by atoms with Gasteiger partial charge in [0.25, 0.3) is 0 Å². The van der Waals surface area contributed by atoms with Gasteiger partial charge in [-0.1, -0.05) is 6.07 Å². The third-order valence-corrected chi connectivity index (χ3v) is 3.72. The molecule has 5 heteroatoms. The third kappa shape index (κ3) is 2.71. The van der Waals surface area contributed by atoms with Crippen molar-refractivity contribution in [3.63, 3.8) is 0 Å². The topological polar surface area (TPSA) is 29.3 Å². The van der Waals surface area contributed by atoms with Gasteiger partial charge in [-0.05, 0) is 44.0 Å². The Balaban J connectivity index is 2.43. The minimum atomic E-state index is -4.28. The van der Waals surface area contributed by atoms with Crippen molar-refractivity contribution >= 4 is 5.69 Å². The second-order valence-electron chi connectivity index (χ2n) is 4.90. The van der Waals surface area contributed by atoms with Crippen LogP contribution in [0.15, 0.2) is 18.2 Å². The molecule has 0 aromatic heterocycles. The maximum atomic E-state index is 13.1. The zero-order valence-corrected chi connectivity index (χ0v) is 11.0. The van der Waals surface area contributed by atoms with Crippen LogP contribution in [0.1, 0.15) is 36.8 Å². The number of hydrogen-bond donors (Lipinski definition) is 1. The zero-order chi connectivity index (χ0) is 14.0. The smallest absolute Gasteiger partial charge is 0.371 e. The van der Waals surface area contributed by atoms with E-state index in [1.165, 1.54) is 12.1 Å². The SMILES string of the molecule is CCN1CC(CCCN)c2c1cccc2C(F)(F)F. The van der Waals surface area contributed by atoms with E-state index in [-0.39, 0.29) is 5.92 Å². The lowest BCUT2D eigenvalue weighted by molar-refractivity contribution is -0.138. The van der Waals surface area contributed by atoms with Crippen LogP contribution in [0.5, 0.6) is 0 Å². The number of rotatable bonds is 4. The molecule has 0 radical (unpaired) electrons. The fraction of sp³-hybridized carbons (Fsp3) is 0.571. The fourth-order valence-corrected chi connectivity index (χ4v) is 2.86. The van der Waals surface area contributed by atoms with E-state index in [4.69, 9.17) is 5.73 Å². The van der Waals surface area contributed by atoms with Gasteiger partial charge in [0.15, 0.2) is 0 Å². The van der Waals surface area contributed by atoms with E-state index in [9.17, 15) is 13.2 Å². The summed E-state index contributed by atoms with van der Waals surface area (Å²) in [6.07, 6.45) is -2.81. The molecule has 0 saturated carbocycles. The van der Waals surface area contributed by atoms with Crippen LogP contribution in [0.3, 0.4) is 0 Å². The van der Waals surface area contributed by atoms with E-state index in [1.54, 1.807) is 6.07 Å². The highest BCUT2D eigenvalue weighted by Gasteiger charge is 2.39. The molecule has 1 aliphatic heterocycles. The van der Waals surface area contributed by atoms with Crippen molar-refractivity contribution in [2.24, 2.45) is 5.73 Å². The predicted molar refractivity (Wildman–Crippen MR) is 70.4 cm³/mol. The molecule has 2 rings (SSSR count). The Bertz CT molecular complexity index is 443. The van der Waals surface area contributed by atoms with Crippen LogP contribution < -0.4 is 10.6 Å². The summed E-state index contributed by atoms with van der Waals surface area (Å²) in [4.78, 5) is 2.02. The van der Waals surface area contributed by atoms with E-state index in [0.717, 1.165) is 18.7 Å². The minimum absolute atomic E-state index is 0.0590. The van der Waals surface area contributed by atoms with Crippen LogP contribution in [0.2, 0.25) is 0 Å². The number of fused-ring (bicyclic) bond motifs is 1. The Morgan fingerprint density at radius 2 is 2.11 bits per heavy atom. The van der Waals surface area contributed by atoms with Crippen LogP contribution >= 0.6 is 0 Å². The monoisotopic (exact) mass is 272 g/mol. The number of likely N-dealkylation sites (N-methyl/N-ethyl adjacent to an activating group) is 1. The average Bonchev–Trinajstić information content (AvgIpc) is 2.73. The summed E-state index contributed by atoms with van der Waals surface area (Å²) in [6, 6.07) is 4.47. The van der Waals surface area contributed by atoms with Crippen molar-refractivity contribution in [1.29, 1.82) is 0 Å². The Morgan fingerprint density at radius 3 is 2.68 bits per heavy atom. The number of benzene rings is 1. The lowest BCUT2D eigenvalue weighted by atomic mass is 9.92. The maximum Gasteiger partial charge on any atom is 0.416 e. The van der Waals surface area contributed by atoms with Crippen LogP contribution in [-0.2, 0) is 6.18 Å². The molecule has 1 unspecified atom stereocenters. The molecule has 0 bridgehead atoms. The highest BCUT2D eigenvalue weighted by molar-refractivity contribution is 5.63. The highest BCUT2D eigenvalue weighted by atomic mass is 19.4. The van der Waals surface area contributed by atoms with Crippen LogP contribution in [0, 0.1) is 0 Å². The summed E-state index contributed by atoms with van der Waals surface area (Å²) < 4.78 is 39.4. The Labute approximate surface area is 111 Å². The number of anilines is 1. The summed E-state index contributed by atoms with van der Waals surface area (Å²) >= 11 is 0. The lowest BCUT2D eigenvalue weighted by Gasteiger charge is -2.17. The van der Waals surface area contributed by atoms with Gasteiger partial charge in [-0.15, -0.1) is 0 Å². The number of nitrogens with zero attached hydrogens (tertiary/aromatic N) is 1. The molecule has 1 atom stereocenters. The molecule has 19 heavy (non-hydrogen) atoms. The van der Waals surface area contributed by atoms with Gasteiger partial charge in [0.05, 0.1) is 5.56 Å². The lowest BCUT2D eigenvalue weighted by Crippen LogP contribution is -2.21. The minimum Gasteiger partial charge on any atom is -0.371 e. The van der Waals surface area contributed by atoms with Crippen LogP contribution in [0.4, 0.5) is 18.9 Å². The highest BCUT2D eigenvalue weighted by Crippen LogP contribution is 2.45. The molecule has 0 saturated heterocycles. The number of alkyl halides is 3. The molecule has 0 amide bonds. The molecule has 0 aliphatic carbocycles. The molecule has 1 aromatic carbocycles. The van der Waals surface area contributed by atoms with Gasteiger partial charge in [0.1, 0.15) is 0 Å². The molecule has 1 aromatic rings. The maximum absolute atomic E-state index is 13.1. The van der Waals surface area contributed by atoms with Gasteiger partial charge in [0.2, 0.25) is 0 Å². The fourth-order valence-electron chi connectivity index (χ4n) is 2.86. The molecule has 1 heterocycles. The molecule has 0 fully saturated rings. The van der Waals surface area contributed by atoms with Gasteiger partial charge in [-0.25, -0.2) is 0 Å². The van der Waals surface area contributed by atoms with Crippen molar-refractivity contribution in [3.8, 4) is 0 Å². The van der Waals surface area contributed by atoms with E-state index < -0.39 is 11.7 Å². The molecule has 2 N–H and O–H groups in total. The quantitative estimate of drug-likeness (QED) is 0.910. The third-order valence-electron chi connectivity index (χ3n) is 3.72. The van der Waals surface area contributed by atoms with Crippen LogP contribution in [0.25, 0.3) is 0 Å². The molecule has 1 aliphatic rings. The van der Waals surface area contributed by atoms with Crippen molar-refractivity contribution in [1.82, 2.24) is 0 Å². The second-order valence-corrected chi connectivity index (χ2v) is 4.90. The average molecular weight is 272 g/mol. The number of halogens is 3. The van der Waals surface area contributed by atoms with Gasteiger partial charge >= 0.3 is 6.18 Å². The first-order valence-electron chi connectivity index (χ1n) is 6.64. The summed E-state index contributed by atoms with van der Waals surface area (Å²) in [5.74, 6) is -0.0590. The predicted octanol–water partition coefficient (Wildman–Crippen LogP) is 3.37. The van der Waals surface area contributed by atoms with Crippen molar-refractivity contribution in [2.75, 3.05) is 24.5 Å². The summed E-state index contributed by atoms with van der Waals surface area (Å²) in [7, 11) is 0. The first-order chi connectivity index (χ1) is 8.99. The standard InChI is InChI=1S/C14H19F3N2/c1-2-19-9-10(5-4-8-18)13-11(14(15,16)17)6-3-7-12(13)19/h3,6-7,10H,2,4-5,8-9,18H2,1H3. The normalized spacial score (nSPS) is 18.8.